The molecule has 6 rings (SSSR count). The van der Waals surface area contributed by atoms with Crippen LogP contribution in [0.1, 0.15) is 20.3 Å². The molecule has 3 N–H and O–H groups in total. The van der Waals surface area contributed by atoms with E-state index in [-0.39, 0.29) is 22.9 Å². The number of H-pyrrole nitrogens is 2. The van der Waals surface area contributed by atoms with Crippen molar-refractivity contribution in [3.8, 4) is 34.0 Å². The zero-order valence-corrected chi connectivity index (χ0v) is 20.7. The Balaban J connectivity index is 1.42. The van der Waals surface area contributed by atoms with E-state index in [1.807, 2.05) is 36.7 Å². The van der Waals surface area contributed by atoms with E-state index in [1.165, 1.54) is 18.6 Å². The number of carbonyl (C=O) groups excluding carboxylic acids is 1. The molecule has 0 aromatic carbocycles. The lowest BCUT2D eigenvalue weighted by Gasteiger charge is -2.09. The second-order valence-electron chi connectivity index (χ2n) is 9.04. The number of fused-ring (bicyclic) bond motifs is 2. The molecule has 0 saturated heterocycles. The molecule has 0 aliphatic heterocycles. The Hall–Kier alpha value is -4.51. The molecule has 0 unspecified atom stereocenters. The molecule has 0 saturated carbocycles. The summed E-state index contributed by atoms with van der Waals surface area (Å²) in [5.41, 5.74) is 4.92. The average molecular weight is 513 g/mol. The highest BCUT2D eigenvalue weighted by Crippen LogP contribution is 2.34. The summed E-state index contributed by atoms with van der Waals surface area (Å²) < 4.78 is 16.0. The van der Waals surface area contributed by atoms with Crippen LogP contribution in [0.5, 0.6) is 0 Å². The van der Waals surface area contributed by atoms with Crippen molar-refractivity contribution >= 4 is 44.9 Å². The monoisotopic (exact) mass is 512 g/mol. The number of imidazole rings is 1. The van der Waals surface area contributed by atoms with Gasteiger partial charge in [0.25, 0.3) is 0 Å². The summed E-state index contributed by atoms with van der Waals surface area (Å²) >= 11 is 1.58. The molecule has 6 heterocycles. The molecule has 37 heavy (non-hydrogen) atoms. The van der Waals surface area contributed by atoms with Gasteiger partial charge in [-0.1, -0.05) is 13.8 Å². The van der Waals surface area contributed by atoms with Crippen LogP contribution in [0.3, 0.4) is 0 Å². The number of pyridine rings is 3. The summed E-state index contributed by atoms with van der Waals surface area (Å²) in [6, 6.07) is 5.46. The Morgan fingerprint density at radius 3 is 2.78 bits per heavy atom. The SMILES string of the molecule is CC(C)CC(=O)Nc1cncc(-c2ncc3[nH]nc(-c4nc5c(-c6ccsc6)nccc5[nH]4)c3c2F)c1. The second kappa shape index (κ2) is 9.17. The first-order chi connectivity index (χ1) is 18.0. The van der Waals surface area contributed by atoms with Crippen molar-refractivity contribution in [1.29, 1.82) is 0 Å². The van der Waals surface area contributed by atoms with E-state index in [9.17, 15) is 4.79 Å². The Labute approximate surface area is 214 Å². The number of halogens is 1. The van der Waals surface area contributed by atoms with Crippen LogP contribution < -0.4 is 5.32 Å². The van der Waals surface area contributed by atoms with E-state index in [0.29, 0.717) is 40.2 Å². The van der Waals surface area contributed by atoms with Crippen LogP contribution in [0.4, 0.5) is 10.1 Å². The van der Waals surface area contributed by atoms with Crippen LogP contribution in [0, 0.1) is 11.7 Å². The van der Waals surface area contributed by atoms with Crippen molar-refractivity contribution in [2.45, 2.75) is 20.3 Å². The number of aromatic nitrogens is 7. The number of nitrogens with one attached hydrogen (secondary N) is 3. The molecule has 0 aliphatic rings. The number of hydrogen-bond acceptors (Lipinski definition) is 7. The summed E-state index contributed by atoms with van der Waals surface area (Å²) in [5.74, 6) is -0.0661. The second-order valence-corrected chi connectivity index (χ2v) is 9.82. The number of carbonyl (C=O) groups is 1. The van der Waals surface area contributed by atoms with E-state index in [2.05, 4.69) is 35.5 Å². The summed E-state index contributed by atoms with van der Waals surface area (Å²) in [6.45, 7) is 3.93. The van der Waals surface area contributed by atoms with Crippen molar-refractivity contribution in [3.05, 3.63) is 59.6 Å². The van der Waals surface area contributed by atoms with Gasteiger partial charge in [-0.25, -0.2) is 9.37 Å². The van der Waals surface area contributed by atoms with Crippen LogP contribution >= 0.6 is 11.3 Å². The van der Waals surface area contributed by atoms with Gasteiger partial charge in [0.05, 0.1) is 40.2 Å². The molecule has 0 radical (unpaired) electrons. The lowest BCUT2D eigenvalue weighted by Crippen LogP contribution is -2.14. The Morgan fingerprint density at radius 1 is 1.08 bits per heavy atom. The van der Waals surface area contributed by atoms with Crippen LogP contribution in [0.15, 0.2) is 53.7 Å². The molecule has 0 atom stereocenters. The van der Waals surface area contributed by atoms with Crippen molar-refractivity contribution in [3.63, 3.8) is 0 Å². The molecular weight excluding hydrogens is 491 g/mol. The third-order valence-electron chi connectivity index (χ3n) is 5.85. The first-order valence-electron chi connectivity index (χ1n) is 11.6. The maximum Gasteiger partial charge on any atom is 0.224 e. The van der Waals surface area contributed by atoms with Gasteiger partial charge in [0, 0.05) is 35.3 Å². The maximum absolute atomic E-state index is 16.0. The summed E-state index contributed by atoms with van der Waals surface area (Å²) in [6.07, 6.45) is 6.64. The zero-order valence-electron chi connectivity index (χ0n) is 19.9. The van der Waals surface area contributed by atoms with Crippen molar-refractivity contribution in [1.82, 2.24) is 35.1 Å². The first-order valence-corrected chi connectivity index (χ1v) is 12.6. The molecule has 6 aromatic rings. The lowest BCUT2D eigenvalue weighted by atomic mass is 10.1. The van der Waals surface area contributed by atoms with Crippen molar-refractivity contribution in [2.24, 2.45) is 5.92 Å². The Morgan fingerprint density at radius 2 is 1.97 bits per heavy atom. The van der Waals surface area contributed by atoms with E-state index in [4.69, 9.17) is 4.98 Å². The molecule has 0 aliphatic carbocycles. The highest BCUT2D eigenvalue weighted by molar-refractivity contribution is 7.08. The van der Waals surface area contributed by atoms with E-state index in [0.717, 1.165) is 16.8 Å². The van der Waals surface area contributed by atoms with Crippen LogP contribution in [0.25, 0.3) is 56.0 Å². The van der Waals surface area contributed by atoms with E-state index >= 15 is 4.39 Å². The zero-order chi connectivity index (χ0) is 25.5. The minimum absolute atomic E-state index is 0.0966. The molecule has 0 spiro atoms. The largest absolute Gasteiger partial charge is 0.336 e. The highest BCUT2D eigenvalue weighted by atomic mass is 32.1. The molecule has 11 heteroatoms. The predicted octanol–water partition coefficient (Wildman–Crippen LogP) is 5.81. The summed E-state index contributed by atoms with van der Waals surface area (Å²) in [7, 11) is 0. The van der Waals surface area contributed by atoms with Gasteiger partial charge in [-0.15, -0.1) is 0 Å². The fraction of sp³-hybridized carbons (Fsp3) is 0.154. The van der Waals surface area contributed by atoms with Gasteiger partial charge in [-0.05, 0) is 29.5 Å². The minimum Gasteiger partial charge on any atom is -0.336 e. The van der Waals surface area contributed by atoms with Crippen LogP contribution in [-0.2, 0) is 4.79 Å². The quantitative estimate of drug-likeness (QED) is 0.259. The van der Waals surface area contributed by atoms with Crippen molar-refractivity contribution in [2.75, 3.05) is 5.32 Å². The smallest absolute Gasteiger partial charge is 0.224 e. The van der Waals surface area contributed by atoms with Gasteiger partial charge in [0.15, 0.2) is 11.6 Å². The first kappa shape index (κ1) is 22.9. The normalized spacial score (nSPS) is 11.6. The van der Waals surface area contributed by atoms with E-state index < -0.39 is 5.82 Å². The van der Waals surface area contributed by atoms with Gasteiger partial charge < -0.3 is 10.3 Å². The standard InChI is InChI=1S/C26H21FN8OS/c1-13(2)7-19(36)31-16-8-15(9-28-10-16)22-21(27)20-18(11-30-22)34-35-25(20)26-32-17-3-5-29-23(24(17)33-26)14-4-6-37-12-14/h3-6,8-13H,7H2,1-2H3,(H,31,36)(H,32,33)(H,34,35). The van der Waals surface area contributed by atoms with Gasteiger partial charge in [-0.3, -0.25) is 24.8 Å². The Kier molecular flexibility index (Phi) is 5.68. The number of thiophene rings is 1. The number of amides is 1. The van der Waals surface area contributed by atoms with Gasteiger partial charge in [-0.2, -0.15) is 16.4 Å². The predicted molar refractivity (Wildman–Crippen MR) is 141 cm³/mol. The molecule has 6 aromatic heterocycles. The van der Waals surface area contributed by atoms with Crippen molar-refractivity contribution < 1.29 is 9.18 Å². The molecule has 1 amide bonds. The number of anilines is 1. The molecular formula is C26H21FN8OS. The number of rotatable bonds is 6. The third-order valence-corrected chi connectivity index (χ3v) is 6.54. The number of aromatic amines is 2. The maximum atomic E-state index is 16.0. The summed E-state index contributed by atoms with van der Waals surface area (Å²) in [5, 5.41) is 14.2. The number of hydrogen-bond donors (Lipinski definition) is 3. The van der Waals surface area contributed by atoms with Gasteiger partial charge in [0.2, 0.25) is 5.91 Å². The van der Waals surface area contributed by atoms with Crippen LogP contribution in [0.2, 0.25) is 0 Å². The third kappa shape index (κ3) is 4.23. The summed E-state index contributed by atoms with van der Waals surface area (Å²) in [4.78, 5) is 33.2. The fourth-order valence-electron chi connectivity index (χ4n) is 4.23. The molecule has 184 valence electrons. The van der Waals surface area contributed by atoms with Gasteiger partial charge in [0.1, 0.15) is 16.9 Å². The molecule has 9 nitrogen and oxygen atoms in total. The topological polar surface area (TPSA) is 125 Å². The fourth-order valence-corrected chi connectivity index (χ4v) is 4.87. The number of nitrogens with zero attached hydrogens (tertiary/aromatic N) is 5. The minimum atomic E-state index is -0.564. The molecule has 0 bridgehead atoms. The van der Waals surface area contributed by atoms with Gasteiger partial charge >= 0.3 is 0 Å². The Bertz CT molecular complexity index is 1760. The average Bonchev–Trinajstić information content (AvgIpc) is 3.62. The highest BCUT2D eigenvalue weighted by Gasteiger charge is 2.22. The lowest BCUT2D eigenvalue weighted by molar-refractivity contribution is -0.116. The van der Waals surface area contributed by atoms with E-state index in [1.54, 1.807) is 23.6 Å². The van der Waals surface area contributed by atoms with Crippen LogP contribution in [-0.4, -0.2) is 41.0 Å². The molecule has 0 fully saturated rings.